The van der Waals surface area contributed by atoms with E-state index in [2.05, 4.69) is 6.92 Å². The maximum Gasteiger partial charge on any atom is 0.383 e. The maximum atomic E-state index is 11.6. The van der Waals surface area contributed by atoms with Gasteiger partial charge in [0.1, 0.15) is 11.3 Å². The molecule has 5 nitrogen and oxygen atoms in total. The van der Waals surface area contributed by atoms with E-state index in [9.17, 15) is 9.90 Å². The summed E-state index contributed by atoms with van der Waals surface area (Å²) in [5, 5.41) is 10.4. The number of ether oxygens (including phenoxy) is 2. The van der Waals surface area contributed by atoms with Crippen LogP contribution in [0, 0.1) is 0 Å². The molecule has 2 aromatic rings. The van der Waals surface area contributed by atoms with Crippen molar-refractivity contribution in [3.05, 3.63) is 28.6 Å². The van der Waals surface area contributed by atoms with Gasteiger partial charge < -0.3 is 19.0 Å². The smallest absolute Gasteiger partial charge is 0.383 e. The van der Waals surface area contributed by atoms with Gasteiger partial charge in [0, 0.05) is 6.07 Å². The van der Waals surface area contributed by atoms with Crippen LogP contribution in [0.15, 0.2) is 27.4 Å². The second-order valence-corrected chi connectivity index (χ2v) is 4.84. The molecule has 0 aliphatic heterocycles. The first-order chi connectivity index (χ1) is 10.2. The van der Waals surface area contributed by atoms with Crippen molar-refractivity contribution in [2.45, 2.75) is 32.6 Å². The fourth-order valence-corrected chi connectivity index (χ4v) is 2.14. The molecule has 0 radical (unpaired) electrons. The molecule has 0 unspecified atom stereocenters. The number of fused-ring (bicyclic) bond motifs is 1. The standard InChI is InChI=1S/C16H20O5/c1-3-4-5-6-9-20-11-7-8-12-13(10-11)21-16(18)15(19-2)14(12)17/h7-8,10,17H,3-6,9H2,1-2H3. The number of aromatic hydroxyl groups is 1. The highest BCUT2D eigenvalue weighted by molar-refractivity contribution is 5.86. The highest BCUT2D eigenvalue weighted by atomic mass is 16.5. The number of hydrogen-bond acceptors (Lipinski definition) is 5. The number of methoxy groups -OCH3 is 1. The van der Waals surface area contributed by atoms with Crippen LogP contribution in [0.25, 0.3) is 11.0 Å². The molecule has 0 saturated heterocycles. The molecule has 0 bridgehead atoms. The van der Waals surface area contributed by atoms with E-state index in [0.29, 0.717) is 17.7 Å². The Morgan fingerprint density at radius 2 is 2.05 bits per heavy atom. The van der Waals surface area contributed by atoms with E-state index in [1.165, 1.54) is 20.0 Å². The molecule has 0 fully saturated rings. The molecule has 21 heavy (non-hydrogen) atoms. The molecule has 5 heteroatoms. The van der Waals surface area contributed by atoms with E-state index >= 15 is 0 Å². The van der Waals surface area contributed by atoms with Gasteiger partial charge in [-0.25, -0.2) is 4.79 Å². The Labute approximate surface area is 123 Å². The van der Waals surface area contributed by atoms with Crippen LogP contribution in [0.1, 0.15) is 32.6 Å². The van der Waals surface area contributed by atoms with Gasteiger partial charge in [-0.05, 0) is 18.6 Å². The molecule has 0 amide bonds. The van der Waals surface area contributed by atoms with Gasteiger partial charge in [0.15, 0.2) is 5.75 Å². The summed E-state index contributed by atoms with van der Waals surface area (Å²) in [4.78, 5) is 11.6. The van der Waals surface area contributed by atoms with E-state index in [4.69, 9.17) is 13.9 Å². The maximum absolute atomic E-state index is 11.6. The minimum absolute atomic E-state index is 0.185. The summed E-state index contributed by atoms with van der Waals surface area (Å²) in [6.07, 6.45) is 4.51. The molecule has 0 aliphatic carbocycles. The Hall–Kier alpha value is -2.17. The zero-order valence-corrected chi connectivity index (χ0v) is 12.3. The minimum Gasteiger partial charge on any atom is -0.504 e. The second kappa shape index (κ2) is 7.02. The third-order valence-electron chi connectivity index (χ3n) is 3.28. The van der Waals surface area contributed by atoms with Gasteiger partial charge in [-0.3, -0.25) is 0 Å². The van der Waals surface area contributed by atoms with E-state index < -0.39 is 5.63 Å². The number of benzene rings is 1. The van der Waals surface area contributed by atoms with Crippen molar-refractivity contribution in [2.75, 3.05) is 13.7 Å². The Morgan fingerprint density at radius 3 is 2.76 bits per heavy atom. The molecule has 1 N–H and O–H groups in total. The van der Waals surface area contributed by atoms with Crippen molar-refractivity contribution in [2.24, 2.45) is 0 Å². The van der Waals surface area contributed by atoms with E-state index in [1.54, 1.807) is 18.2 Å². The van der Waals surface area contributed by atoms with Crippen LogP contribution >= 0.6 is 0 Å². The molecule has 1 aromatic heterocycles. The van der Waals surface area contributed by atoms with E-state index in [0.717, 1.165) is 12.8 Å². The second-order valence-electron chi connectivity index (χ2n) is 4.84. The normalized spacial score (nSPS) is 10.8. The van der Waals surface area contributed by atoms with Crippen LogP contribution in [0.3, 0.4) is 0 Å². The molecule has 0 saturated carbocycles. The van der Waals surface area contributed by atoms with Crippen LogP contribution in [0.4, 0.5) is 0 Å². The quantitative estimate of drug-likeness (QED) is 0.625. The summed E-state index contributed by atoms with van der Waals surface area (Å²) in [6, 6.07) is 4.99. The fourth-order valence-electron chi connectivity index (χ4n) is 2.14. The first kappa shape index (κ1) is 15.2. The third kappa shape index (κ3) is 3.48. The summed E-state index contributed by atoms with van der Waals surface area (Å²) < 4.78 is 15.6. The summed E-state index contributed by atoms with van der Waals surface area (Å²) in [6.45, 7) is 2.78. The van der Waals surface area contributed by atoms with Crippen LogP contribution in [0.2, 0.25) is 0 Å². The number of hydrogen-bond donors (Lipinski definition) is 1. The molecular weight excluding hydrogens is 272 g/mol. The molecule has 2 rings (SSSR count). The summed E-state index contributed by atoms with van der Waals surface area (Å²) in [5.41, 5.74) is -0.424. The third-order valence-corrected chi connectivity index (χ3v) is 3.28. The molecular formula is C16H20O5. The lowest BCUT2D eigenvalue weighted by molar-refractivity contribution is 0.304. The van der Waals surface area contributed by atoms with Gasteiger partial charge in [0.25, 0.3) is 0 Å². The molecule has 114 valence electrons. The molecule has 1 heterocycles. The minimum atomic E-state index is -0.706. The van der Waals surface area contributed by atoms with Gasteiger partial charge in [0.2, 0.25) is 5.75 Å². The Bertz CT molecular complexity index is 660. The highest BCUT2D eigenvalue weighted by Crippen LogP contribution is 2.32. The van der Waals surface area contributed by atoms with Crippen LogP contribution in [-0.2, 0) is 0 Å². The molecule has 0 aliphatic rings. The fraction of sp³-hybridized carbons (Fsp3) is 0.438. The largest absolute Gasteiger partial charge is 0.504 e. The first-order valence-electron chi connectivity index (χ1n) is 7.14. The van der Waals surface area contributed by atoms with Gasteiger partial charge in [-0.2, -0.15) is 0 Å². The molecule has 1 aromatic carbocycles. The average molecular weight is 292 g/mol. The Kier molecular flexibility index (Phi) is 5.09. The lowest BCUT2D eigenvalue weighted by atomic mass is 10.2. The lowest BCUT2D eigenvalue weighted by Crippen LogP contribution is -2.04. The van der Waals surface area contributed by atoms with Gasteiger partial charge in [-0.1, -0.05) is 26.2 Å². The summed E-state index contributed by atoms with van der Waals surface area (Å²) in [5.74, 6) is 0.223. The van der Waals surface area contributed by atoms with Gasteiger partial charge in [-0.15, -0.1) is 0 Å². The van der Waals surface area contributed by atoms with Crippen molar-refractivity contribution in [1.82, 2.24) is 0 Å². The number of rotatable bonds is 7. The zero-order chi connectivity index (χ0) is 15.2. The average Bonchev–Trinajstić information content (AvgIpc) is 2.47. The van der Waals surface area contributed by atoms with Gasteiger partial charge >= 0.3 is 5.63 Å². The van der Waals surface area contributed by atoms with Crippen LogP contribution < -0.4 is 15.1 Å². The van der Waals surface area contributed by atoms with Crippen molar-refractivity contribution in [3.8, 4) is 17.2 Å². The summed E-state index contributed by atoms with van der Waals surface area (Å²) >= 11 is 0. The van der Waals surface area contributed by atoms with Crippen LogP contribution in [-0.4, -0.2) is 18.8 Å². The van der Waals surface area contributed by atoms with Crippen molar-refractivity contribution >= 4 is 11.0 Å². The van der Waals surface area contributed by atoms with Gasteiger partial charge in [0.05, 0.1) is 19.1 Å². The Morgan fingerprint density at radius 1 is 1.24 bits per heavy atom. The van der Waals surface area contributed by atoms with Crippen LogP contribution in [0.5, 0.6) is 17.2 Å². The van der Waals surface area contributed by atoms with Crippen molar-refractivity contribution < 1.29 is 19.0 Å². The topological polar surface area (TPSA) is 68.9 Å². The molecule has 0 spiro atoms. The van der Waals surface area contributed by atoms with Crippen molar-refractivity contribution in [1.29, 1.82) is 0 Å². The molecule has 0 atom stereocenters. The first-order valence-corrected chi connectivity index (χ1v) is 7.14. The predicted molar refractivity (Wildman–Crippen MR) is 80.3 cm³/mol. The SMILES string of the molecule is CCCCCCOc1ccc2c(O)c(OC)c(=O)oc2c1. The Balaban J connectivity index is 2.17. The van der Waals surface area contributed by atoms with E-state index in [1.807, 2.05) is 0 Å². The van der Waals surface area contributed by atoms with E-state index in [-0.39, 0.29) is 17.1 Å². The monoisotopic (exact) mass is 292 g/mol. The summed E-state index contributed by atoms with van der Waals surface area (Å²) in [7, 11) is 1.31. The predicted octanol–water partition coefficient (Wildman–Crippen LogP) is 3.47. The zero-order valence-electron chi connectivity index (χ0n) is 12.3. The lowest BCUT2D eigenvalue weighted by Gasteiger charge is -2.08. The highest BCUT2D eigenvalue weighted by Gasteiger charge is 2.14. The number of unbranched alkanes of at least 4 members (excludes halogenated alkanes) is 3. The van der Waals surface area contributed by atoms with Crippen molar-refractivity contribution in [3.63, 3.8) is 0 Å².